The highest BCUT2D eigenvalue weighted by Gasteiger charge is 2.41. The number of hydrogen-bond donors (Lipinski definition) is 1. The highest BCUT2D eigenvalue weighted by atomic mass is 32.1. The Morgan fingerprint density at radius 3 is 2.52 bits per heavy atom. The zero-order valence-electron chi connectivity index (χ0n) is 16.6. The number of rotatable bonds is 6. The summed E-state index contributed by atoms with van der Waals surface area (Å²) in [4.78, 5) is 28.0. The number of nitrogens with one attached hydrogen (secondary N) is 1. The van der Waals surface area contributed by atoms with Crippen molar-refractivity contribution in [2.24, 2.45) is 0 Å². The molecule has 14 heteroatoms. The minimum atomic E-state index is -5.12. The van der Waals surface area contributed by atoms with E-state index in [1.165, 1.54) is 5.38 Å². The lowest BCUT2D eigenvalue weighted by atomic mass is 10.1. The third kappa shape index (κ3) is 5.69. The molecule has 1 aromatic carbocycles. The molecule has 0 aliphatic rings. The van der Waals surface area contributed by atoms with E-state index in [4.69, 9.17) is 4.74 Å². The van der Waals surface area contributed by atoms with E-state index in [9.17, 15) is 35.9 Å². The molecule has 7 nitrogen and oxygen atoms in total. The van der Waals surface area contributed by atoms with Gasteiger partial charge in [-0.25, -0.2) is 9.67 Å². The van der Waals surface area contributed by atoms with Crippen LogP contribution in [-0.2, 0) is 28.3 Å². The summed E-state index contributed by atoms with van der Waals surface area (Å²) >= 11 is 0.870. The summed E-state index contributed by atoms with van der Waals surface area (Å²) in [5.74, 6) is -1.79. The van der Waals surface area contributed by atoms with Crippen molar-refractivity contribution in [1.29, 1.82) is 0 Å². The number of carbonyl (C=O) groups excluding carboxylic acids is 2. The molecule has 2 heterocycles. The van der Waals surface area contributed by atoms with E-state index in [-0.39, 0.29) is 28.5 Å². The van der Waals surface area contributed by atoms with Crippen LogP contribution in [0.2, 0.25) is 0 Å². The molecule has 0 saturated heterocycles. The molecule has 1 amide bonds. The summed E-state index contributed by atoms with van der Waals surface area (Å²) in [6.45, 7) is 1.77. The number of hydrogen-bond acceptors (Lipinski definition) is 6. The van der Waals surface area contributed by atoms with E-state index in [1.54, 1.807) is 6.92 Å². The number of amides is 1. The molecular weight excluding hydrogens is 478 g/mol. The Hall–Kier alpha value is -3.42. The first-order chi connectivity index (χ1) is 15.4. The SMILES string of the molecule is CCOC(=O)Cc1csc(NC(=O)c2cnn(-c3cccc(C(F)(F)F)c3)c2C(F)(F)F)n1. The minimum Gasteiger partial charge on any atom is -0.466 e. The van der Waals surface area contributed by atoms with Gasteiger partial charge in [0.05, 0.1) is 41.7 Å². The highest BCUT2D eigenvalue weighted by molar-refractivity contribution is 7.14. The number of anilines is 1. The van der Waals surface area contributed by atoms with Gasteiger partial charge < -0.3 is 4.74 Å². The molecular formula is C19H14F6N4O3S. The van der Waals surface area contributed by atoms with Crippen LogP contribution in [0.1, 0.15) is 34.2 Å². The lowest BCUT2D eigenvalue weighted by Crippen LogP contribution is -2.21. The second-order valence-corrected chi connectivity index (χ2v) is 7.30. The maximum absolute atomic E-state index is 13.8. The number of nitrogens with zero attached hydrogens (tertiary/aromatic N) is 3. The summed E-state index contributed by atoms with van der Waals surface area (Å²) in [5, 5.41) is 7.01. The number of halogens is 6. The maximum atomic E-state index is 13.8. The van der Waals surface area contributed by atoms with Crippen molar-refractivity contribution in [3.8, 4) is 5.69 Å². The van der Waals surface area contributed by atoms with Gasteiger partial charge in [0.1, 0.15) is 0 Å². The van der Waals surface area contributed by atoms with Crippen molar-refractivity contribution >= 4 is 28.3 Å². The number of alkyl halides is 6. The smallest absolute Gasteiger partial charge is 0.434 e. The molecule has 0 fully saturated rings. The van der Waals surface area contributed by atoms with Crippen LogP contribution in [0.3, 0.4) is 0 Å². The maximum Gasteiger partial charge on any atom is 0.434 e. The fraction of sp³-hybridized carbons (Fsp3) is 0.263. The van der Waals surface area contributed by atoms with Crippen molar-refractivity contribution in [3.63, 3.8) is 0 Å². The number of benzene rings is 1. The largest absolute Gasteiger partial charge is 0.466 e. The van der Waals surface area contributed by atoms with Gasteiger partial charge in [0.25, 0.3) is 5.91 Å². The third-order valence-corrected chi connectivity index (χ3v) is 4.91. The monoisotopic (exact) mass is 492 g/mol. The zero-order valence-corrected chi connectivity index (χ0v) is 17.4. The lowest BCUT2D eigenvalue weighted by Gasteiger charge is -2.14. The van der Waals surface area contributed by atoms with Crippen molar-refractivity contribution < 1.29 is 40.7 Å². The van der Waals surface area contributed by atoms with Crippen molar-refractivity contribution in [3.05, 3.63) is 58.4 Å². The molecule has 0 radical (unpaired) electrons. The fourth-order valence-corrected chi connectivity index (χ4v) is 3.47. The number of carbonyl (C=O) groups is 2. The van der Waals surface area contributed by atoms with Gasteiger partial charge in [-0.15, -0.1) is 11.3 Å². The summed E-state index contributed by atoms with van der Waals surface area (Å²) in [6, 6.07) is 3.12. The Balaban J connectivity index is 1.91. The second-order valence-electron chi connectivity index (χ2n) is 6.44. The average Bonchev–Trinajstić information content (AvgIpc) is 3.34. The standard InChI is InChI=1S/C19H14F6N4O3S/c1-2-32-14(30)7-11-9-33-17(27-11)28-16(31)13-8-26-29(15(13)19(23,24)25)12-5-3-4-10(6-12)18(20,21)22/h3-6,8-9H,2,7H2,1H3,(H,27,28,31). The van der Waals surface area contributed by atoms with Crippen LogP contribution in [0.4, 0.5) is 31.5 Å². The molecule has 33 heavy (non-hydrogen) atoms. The molecule has 0 saturated carbocycles. The summed E-state index contributed by atoms with van der Waals surface area (Å²) in [6.07, 6.45) is -9.49. The van der Waals surface area contributed by atoms with Crippen LogP contribution in [0.5, 0.6) is 0 Å². The van der Waals surface area contributed by atoms with Crippen LogP contribution < -0.4 is 5.32 Å². The zero-order chi connectivity index (χ0) is 24.4. The Kier molecular flexibility index (Phi) is 6.76. The molecule has 1 N–H and O–H groups in total. The number of thiazole rings is 1. The van der Waals surface area contributed by atoms with E-state index in [1.807, 2.05) is 0 Å². The Bertz CT molecular complexity index is 1170. The van der Waals surface area contributed by atoms with E-state index < -0.39 is 46.7 Å². The lowest BCUT2D eigenvalue weighted by molar-refractivity contribution is -0.143. The third-order valence-electron chi connectivity index (χ3n) is 4.10. The molecule has 176 valence electrons. The summed E-state index contributed by atoms with van der Waals surface area (Å²) < 4.78 is 85.1. The second kappa shape index (κ2) is 9.21. The molecule has 2 aromatic heterocycles. The Labute approximate surface area is 186 Å². The van der Waals surface area contributed by atoms with Crippen LogP contribution in [0.15, 0.2) is 35.8 Å². The topological polar surface area (TPSA) is 86.1 Å². The van der Waals surface area contributed by atoms with Crippen LogP contribution in [-0.4, -0.2) is 33.2 Å². The number of aromatic nitrogens is 3. The van der Waals surface area contributed by atoms with Gasteiger partial charge >= 0.3 is 18.3 Å². The van der Waals surface area contributed by atoms with Gasteiger partial charge in [-0.3, -0.25) is 14.9 Å². The van der Waals surface area contributed by atoms with Gasteiger partial charge in [0, 0.05) is 5.38 Å². The molecule has 0 atom stereocenters. The van der Waals surface area contributed by atoms with Crippen LogP contribution in [0, 0.1) is 0 Å². The molecule has 0 aliphatic carbocycles. The number of ether oxygens (including phenoxy) is 1. The molecule has 3 rings (SSSR count). The van der Waals surface area contributed by atoms with E-state index in [2.05, 4.69) is 15.4 Å². The first-order valence-electron chi connectivity index (χ1n) is 9.14. The predicted octanol–water partition coefficient (Wildman–Crippen LogP) is 4.72. The van der Waals surface area contributed by atoms with Crippen molar-refractivity contribution in [2.75, 3.05) is 11.9 Å². The Morgan fingerprint density at radius 1 is 1.15 bits per heavy atom. The minimum absolute atomic E-state index is 0.0840. The van der Waals surface area contributed by atoms with Gasteiger partial charge in [0.15, 0.2) is 10.8 Å². The van der Waals surface area contributed by atoms with Gasteiger partial charge in [-0.1, -0.05) is 6.07 Å². The van der Waals surface area contributed by atoms with E-state index >= 15 is 0 Å². The highest BCUT2D eigenvalue weighted by Crippen LogP contribution is 2.36. The molecule has 0 unspecified atom stereocenters. The predicted molar refractivity (Wildman–Crippen MR) is 104 cm³/mol. The normalized spacial score (nSPS) is 12.0. The molecule has 3 aromatic rings. The molecule has 0 spiro atoms. The summed E-state index contributed by atoms with van der Waals surface area (Å²) in [5.41, 5.74) is -3.93. The Morgan fingerprint density at radius 2 is 1.88 bits per heavy atom. The average molecular weight is 492 g/mol. The van der Waals surface area contributed by atoms with Crippen molar-refractivity contribution in [1.82, 2.24) is 14.8 Å². The van der Waals surface area contributed by atoms with E-state index in [0.29, 0.717) is 18.3 Å². The fourth-order valence-electron chi connectivity index (χ4n) is 2.77. The van der Waals surface area contributed by atoms with Crippen LogP contribution >= 0.6 is 11.3 Å². The number of esters is 1. The van der Waals surface area contributed by atoms with Gasteiger partial charge in [-0.05, 0) is 25.1 Å². The van der Waals surface area contributed by atoms with Crippen molar-refractivity contribution in [2.45, 2.75) is 25.7 Å². The summed E-state index contributed by atoms with van der Waals surface area (Å²) in [7, 11) is 0. The van der Waals surface area contributed by atoms with Gasteiger partial charge in [-0.2, -0.15) is 31.4 Å². The molecule has 0 bridgehead atoms. The first kappa shape index (κ1) is 24.2. The van der Waals surface area contributed by atoms with Crippen LogP contribution in [0.25, 0.3) is 5.69 Å². The first-order valence-corrected chi connectivity index (χ1v) is 10.0. The quantitative estimate of drug-likeness (QED) is 0.398. The van der Waals surface area contributed by atoms with E-state index in [0.717, 1.165) is 23.5 Å². The molecule has 0 aliphatic heterocycles. The van der Waals surface area contributed by atoms with Gasteiger partial charge in [0.2, 0.25) is 0 Å².